The molecule has 3 aromatic carbocycles. The molecule has 134 valence electrons. The lowest BCUT2D eigenvalue weighted by Crippen LogP contribution is -2.70. The van der Waals surface area contributed by atoms with Crippen LogP contribution in [0.25, 0.3) is 18.2 Å². The Morgan fingerprint density at radius 2 is 0.889 bits per heavy atom. The second-order valence-electron chi connectivity index (χ2n) is 6.26. The Labute approximate surface area is 163 Å². The maximum atomic E-state index is 6.52. The van der Waals surface area contributed by atoms with Gasteiger partial charge in [-0.25, -0.2) is 0 Å². The zero-order valence-corrected chi connectivity index (χ0v) is 16.7. The van der Waals surface area contributed by atoms with Gasteiger partial charge >= 0.3 is 0 Å². The third-order valence-corrected chi connectivity index (χ3v) is 9.24. The molecule has 0 spiro atoms. The highest BCUT2D eigenvalue weighted by molar-refractivity contribution is 7.08. The fraction of sp³-hybridized carbons (Fsp3) is 0.0400. The van der Waals surface area contributed by atoms with Gasteiger partial charge in [-0.05, 0) is 32.3 Å². The largest absolute Gasteiger partial charge is 0.408 e. The molecule has 0 amide bonds. The van der Waals surface area contributed by atoms with E-state index in [1.165, 1.54) is 15.6 Å². The summed E-state index contributed by atoms with van der Waals surface area (Å²) < 4.78 is 6.52. The van der Waals surface area contributed by atoms with Crippen molar-refractivity contribution in [3.8, 4) is 0 Å². The molecule has 2 heteroatoms. The topological polar surface area (TPSA) is 9.23 Å². The van der Waals surface area contributed by atoms with Crippen LogP contribution in [0.1, 0.15) is 16.7 Å². The lowest BCUT2D eigenvalue weighted by molar-refractivity contribution is 0.426. The van der Waals surface area contributed by atoms with Gasteiger partial charge in [-0.2, -0.15) is 0 Å². The molecule has 3 rings (SSSR count). The van der Waals surface area contributed by atoms with E-state index in [4.69, 9.17) is 4.43 Å². The van der Waals surface area contributed by atoms with Crippen LogP contribution < -0.4 is 15.6 Å². The highest BCUT2D eigenvalue weighted by atomic mass is 28.4. The summed E-state index contributed by atoms with van der Waals surface area (Å²) in [6.07, 6.45) is 5.72. The quantitative estimate of drug-likeness (QED) is 0.448. The Kier molecular flexibility index (Phi) is 5.70. The molecule has 0 aliphatic rings. The van der Waals surface area contributed by atoms with E-state index in [2.05, 4.69) is 74.3 Å². The van der Waals surface area contributed by atoms with Crippen LogP contribution in [0, 0.1) is 0 Å². The molecular formula is C25H24OSi. The first-order chi connectivity index (χ1) is 13.2. The SMILES string of the molecule is C=Cc1ccccc1[Si](OC)(c1ccccc1C=C)c1ccccc1C=C. The van der Waals surface area contributed by atoms with Gasteiger partial charge in [0.05, 0.1) is 0 Å². The highest BCUT2D eigenvalue weighted by Crippen LogP contribution is 2.17. The summed E-state index contributed by atoms with van der Waals surface area (Å²) in [5.74, 6) is 0. The molecule has 0 fully saturated rings. The van der Waals surface area contributed by atoms with Gasteiger partial charge in [-0.15, -0.1) is 0 Å². The molecule has 0 saturated carbocycles. The first kappa shape index (κ1) is 18.8. The average molecular weight is 369 g/mol. The van der Waals surface area contributed by atoms with Gasteiger partial charge in [-0.3, -0.25) is 0 Å². The van der Waals surface area contributed by atoms with Gasteiger partial charge in [0.1, 0.15) is 0 Å². The molecule has 0 heterocycles. The summed E-state index contributed by atoms with van der Waals surface area (Å²) in [4.78, 5) is 0. The summed E-state index contributed by atoms with van der Waals surface area (Å²) in [5, 5.41) is 3.52. The lowest BCUT2D eigenvalue weighted by Gasteiger charge is -2.34. The molecule has 0 aliphatic carbocycles. The zero-order chi connectivity index (χ0) is 19.3. The van der Waals surface area contributed by atoms with Crippen LogP contribution in [0.15, 0.2) is 92.5 Å². The molecule has 0 N–H and O–H groups in total. The van der Waals surface area contributed by atoms with Crippen molar-refractivity contribution in [3.63, 3.8) is 0 Å². The smallest absolute Gasteiger partial charge is 0.289 e. The summed E-state index contributed by atoms with van der Waals surface area (Å²) >= 11 is 0. The first-order valence-corrected chi connectivity index (χ1v) is 10.8. The molecule has 0 saturated heterocycles. The molecule has 0 bridgehead atoms. The van der Waals surface area contributed by atoms with Gasteiger partial charge in [0.2, 0.25) is 0 Å². The molecule has 0 radical (unpaired) electrons. The molecule has 3 aromatic rings. The highest BCUT2D eigenvalue weighted by Gasteiger charge is 2.44. The normalized spacial score (nSPS) is 11.0. The van der Waals surface area contributed by atoms with Crippen molar-refractivity contribution in [1.82, 2.24) is 0 Å². The van der Waals surface area contributed by atoms with Crippen molar-refractivity contribution in [2.24, 2.45) is 0 Å². The fourth-order valence-electron chi connectivity index (χ4n) is 3.75. The Balaban J connectivity index is 2.51. The van der Waals surface area contributed by atoms with Crippen molar-refractivity contribution in [2.45, 2.75) is 0 Å². The lowest BCUT2D eigenvalue weighted by atomic mass is 10.2. The maximum absolute atomic E-state index is 6.52. The summed E-state index contributed by atoms with van der Waals surface area (Å²) in [7, 11) is -0.997. The Morgan fingerprint density at radius 3 is 1.15 bits per heavy atom. The van der Waals surface area contributed by atoms with E-state index in [-0.39, 0.29) is 0 Å². The van der Waals surface area contributed by atoms with Crippen molar-refractivity contribution in [2.75, 3.05) is 7.11 Å². The number of hydrogen-bond acceptors (Lipinski definition) is 1. The van der Waals surface area contributed by atoms with Crippen molar-refractivity contribution in [1.29, 1.82) is 0 Å². The molecule has 0 unspecified atom stereocenters. The molecular weight excluding hydrogens is 344 g/mol. The van der Waals surface area contributed by atoms with E-state index in [0.717, 1.165) is 16.7 Å². The van der Waals surface area contributed by atoms with Crippen LogP contribution >= 0.6 is 0 Å². The van der Waals surface area contributed by atoms with E-state index in [1.807, 2.05) is 43.5 Å². The van der Waals surface area contributed by atoms with E-state index in [9.17, 15) is 0 Å². The molecule has 27 heavy (non-hydrogen) atoms. The van der Waals surface area contributed by atoms with Gasteiger partial charge < -0.3 is 4.43 Å². The fourth-order valence-corrected chi connectivity index (χ4v) is 8.05. The average Bonchev–Trinajstić information content (AvgIpc) is 2.75. The van der Waals surface area contributed by atoms with E-state index < -0.39 is 8.32 Å². The molecule has 0 aliphatic heterocycles. The monoisotopic (exact) mass is 368 g/mol. The van der Waals surface area contributed by atoms with Gasteiger partial charge in [0.25, 0.3) is 8.32 Å². The molecule has 0 atom stereocenters. The van der Waals surface area contributed by atoms with Gasteiger partial charge in [0, 0.05) is 7.11 Å². The van der Waals surface area contributed by atoms with Crippen LogP contribution in [0.4, 0.5) is 0 Å². The van der Waals surface area contributed by atoms with E-state index in [1.54, 1.807) is 0 Å². The van der Waals surface area contributed by atoms with E-state index >= 15 is 0 Å². The standard InChI is InChI=1S/C25H24OSi/c1-5-20-14-8-11-17-23(20)27(26-4,24-18-12-9-15-21(24)6-2)25-19-13-10-16-22(25)7-3/h5-19H,1-3H2,4H3. The minimum absolute atomic E-state index is 1.09. The number of hydrogen-bond donors (Lipinski definition) is 0. The van der Waals surface area contributed by atoms with Crippen LogP contribution in [0.3, 0.4) is 0 Å². The Bertz CT molecular complexity index is 862. The third-order valence-electron chi connectivity index (χ3n) is 4.99. The number of rotatable bonds is 7. The van der Waals surface area contributed by atoms with Crippen molar-refractivity contribution in [3.05, 3.63) is 109 Å². The summed E-state index contributed by atoms with van der Waals surface area (Å²) in [6.45, 7) is 12.1. The second kappa shape index (κ2) is 8.17. The van der Waals surface area contributed by atoms with Crippen LogP contribution in [-0.4, -0.2) is 15.4 Å². The maximum Gasteiger partial charge on any atom is 0.289 e. The predicted octanol–water partition coefficient (Wildman–Crippen LogP) is 4.23. The van der Waals surface area contributed by atoms with Gasteiger partial charge in [-0.1, -0.05) is 111 Å². The van der Waals surface area contributed by atoms with Crippen LogP contribution in [-0.2, 0) is 4.43 Å². The molecule has 1 nitrogen and oxygen atoms in total. The Hall–Kier alpha value is -2.94. The minimum atomic E-state index is -2.81. The third kappa shape index (κ3) is 3.14. The van der Waals surface area contributed by atoms with E-state index in [0.29, 0.717) is 0 Å². The summed E-state index contributed by atoms with van der Waals surface area (Å²) in [6, 6.07) is 25.1. The number of benzene rings is 3. The van der Waals surface area contributed by atoms with Gasteiger partial charge in [0.15, 0.2) is 0 Å². The summed E-state index contributed by atoms with van der Waals surface area (Å²) in [5.41, 5.74) is 3.26. The van der Waals surface area contributed by atoms with Crippen LogP contribution in [0.2, 0.25) is 0 Å². The van der Waals surface area contributed by atoms with Crippen LogP contribution in [0.5, 0.6) is 0 Å². The second-order valence-corrected chi connectivity index (χ2v) is 9.65. The van der Waals surface area contributed by atoms with Crippen molar-refractivity contribution < 1.29 is 4.43 Å². The predicted molar refractivity (Wildman–Crippen MR) is 121 cm³/mol. The zero-order valence-electron chi connectivity index (χ0n) is 15.7. The Morgan fingerprint density at radius 1 is 0.593 bits per heavy atom. The minimum Gasteiger partial charge on any atom is -0.408 e. The molecule has 0 aromatic heterocycles. The first-order valence-electron chi connectivity index (χ1n) is 8.94. The van der Waals surface area contributed by atoms with Crippen molar-refractivity contribution >= 4 is 42.1 Å².